The van der Waals surface area contributed by atoms with Gasteiger partial charge in [0.05, 0.1) is 13.2 Å². The van der Waals surface area contributed by atoms with Crippen LogP contribution in [-0.4, -0.2) is 38.2 Å². The highest BCUT2D eigenvalue weighted by molar-refractivity contribution is 5.61. The molecule has 0 fully saturated rings. The number of hydrogen-bond donors (Lipinski definition) is 0. The summed E-state index contributed by atoms with van der Waals surface area (Å²) in [6, 6.07) is 0. The Morgan fingerprint density at radius 1 is 0.621 bits per heavy atom. The van der Waals surface area contributed by atoms with Crippen molar-refractivity contribution in [2.75, 3.05) is 19.8 Å². The molecule has 0 rings (SSSR count). The van der Waals surface area contributed by atoms with Gasteiger partial charge in [-0.3, -0.25) is 0 Å². The summed E-state index contributed by atoms with van der Waals surface area (Å²) >= 11 is 0. The predicted molar refractivity (Wildman–Crippen MR) is 115 cm³/mol. The van der Waals surface area contributed by atoms with Crippen LogP contribution in [0.15, 0.2) is 0 Å². The van der Waals surface area contributed by atoms with E-state index in [2.05, 4.69) is 27.7 Å². The van der Waals surface area contributed by atoms with Crippen molar-refractivity contribution in [1.82, 2.24) is 0 Å². The average Bonchev–Trinajstić information content (AvgIpc) is 2.72. The minimum atomic E-state index is -0.705. The van der Waals surface area contributed by atoms with E-state index in [1.807, 2.05) is 6.92 Å². The lowest BCUT2D eigenvalue weighted by Gasteiger charge is -2.19. The van der Waals surface area contributed by atoms with Crippen molar-refractivity contribution in [3.63, 3.8) is 0 Å². The molecule has 0 heterocycles. The molecule has 29 heavy (non-hydrogen) atoms. The second kappa shape index (κ2) is 18.6. The van der Waals surface area contributed by atoms with E-state index in [1.54, 1.807) is 0 Å². The lowest BCUT2D eigenvalue weighted by Crippen LogP contribution is -2.27. The van der Waals surface area contributed by atoms with Crippen LogP contribution in [0.2, 0.25) is 0 Å². The zero-order chi connectivity index (χ0) is 21.9. The highest BCUT2D eigenvalue weighted by Gasteiger charge is 2.19. The summed E-state index contributed by atoms with van der Waals surface area (Å²) in [5, 5.41) is 0. The number of carbonyl (C=O) groups is 2. The van der Waals surface area contributed by atoms with E-state index >= 15 is 0 Å². The van der Waals surface area contributed by atoms with Crippen LogP contribution in [-0.2, 0) is 18.9 Å². The SMILES string of the molecule is CCCCC(CC)COC(=O)OCC(CCC)OC(=O)OCC(CC)CCCC. The Labute approximate surface area is 178 Å². The van der Waals surface area contributed by atoms with Gasteiger partial charge in [-0.1, -0.05) is 79.6 Å². The zero-order valence-electron chi connectivity index (χ0n) is 19.4. The Bertz CT molecular complexity index is 412. The smallest absolute Gasteiger partial charge is 0.434 e. The molecule has 0 N–H and O–H groups in total. The molecule has 0 amide bonds. The maximum absolute atomic E-state index is 12.0. The Kier molecular flexibility index (Phi) is 17.6. The van der Waals surface area contributed by atoms with E-state index in [-0.39, 0.29) is 6.61 Å². The van der Waals surface area contributed by atoms with Crippen molar-refractivity contribution in [3.8, 4) is 0 Å². The first-order chi connectivity index (χ1) is 14.0. The Balaban J connectivity index is 4.25. The summed E-state index contributed by atoms with van der Waals surface area (Å²) in [6.45, 7) is 11.2. The molecule has 0 aromatic heterocycles. The molecule has 3 unspecified atom stereocenters. The van der Waals surface area contributed by atoms with Crippen molar-refractivity contribution >= 4 is 12.3 Å². The Hall–Kier alpha value is -1.46. The number of rotatable bonds is 17. The summed E-state index contributed by atoms with van der Waals surface area (Å²) < 4.78 is 21.0. The van der Waals surface area contributed by atoms with Gasteiger partial charge in [-0.2, -0.15) is 0 Å². The third-order valence-electron chi connectivity index (χ3n) is 5.22. The van der Waals surface area contributed by atoms with Crippen LogP contribution in [0.1, 0.15) is 98.8 Å². The van der Waals surface area contributed by atoms with Gasteiger partial charge >= 0.3 is 12.3 Å². The minimum Gasteiger partial charge on any atom is -0.434 e. The van der Waals surface area contributed by atoms with E-state index in [9.17, 15) is 9.59 Å². The van der Waals surface area contributed by atoms with Crippen LogP contribution in [0.5, 0.6) is 0 Å². The van der Waals surface area contributed by atoms with Gasteiger partial charge in [0.25, 0.3) is 0 Å². The molecule has 6 heteroatoms. The van der Waals surface area contributed by atoms with E-state index in [1.165, 1.54) is 0 Å². The lowest BCUT2D eigenvalue weighted by atomic mass is 10.0. The van der Waals surface area contributed by atoms with Crippen molar-refractivity contribution in [3.05, 3.63) is 0 Å². The molecular formula is C23H44O6. The normalized spacial score (nSPS) is 14.0. The van der Waals surface area contributed by atoms with Crippen LogP contribution in [0.3, 0.4) is 0 Å². The molecule has 0 radical (unpaired) electrons. The second-order valence-corrected chi connectivity index (χ2v) is 7.79. The van der Waals surface area contributed by atoms with Crippen molar-refractivity contribution in [2.45, 2.75) is 105 Å². The molecule has 0 saturated carbocycles. The molecule has 0 aromatic carbocycles. The van der Waals surface area contributed by atoms with Crippen LogP contribution in [0.4, 0.5) is 9.59 Å². The van der Waals surface area contributed by atoms with E-state index in [4.69, 9.17) is 18.9 Å². The van der Waals surface area contributed by atoms with Gasteiger partial charge in [0.15, 0.2) is 0 Å². The molecule has 6 nitrogen and oxygen atoms in total. The molecule has 3 atom stereocenters. The maximum Gasteiger partial charge on any atom is 0.508 e. The molecule has 0 aliphatic heterocycles. The van der Waals surface area contributed by atoms with Gasteiger partial charge in [0.1, 0.15) is 12.7 Å². The fourth-order valence-electron chi connectivity index (χ4n) is 3.04. The quantitative estimate of drug-likeness (QED) is 0.240. The maximum atomic E-state index is 12.0. The third kappa shape index (κ3) is 15.1. The summed E-state index contributed by atoms with van der Waals surface area (Å²) in [5.41, 5.74) is 0. The fourth-order valence-corrected chi connectivity index (χ4v) is 3.04. The molecule has 0 aliphatic rings. The van der Waals surface area contributed by atoms with Crippen LogP contribution >= 0.6 is 0 Å². The third-order valence-corrected chi connectivity index (χ3v) is 5.22. The highest BCUT2D eigenvalue weighted by atomic mass is 16.8. The van der Waals surface area contributed by atoms with Gasteiger partial charge in [-0.25, -0.2) is 9.59 Å². The summed E-state index contributed by atoms with van der Waals surface area (Å²) in [5.74, 6) is 0.719. The number of hydrogen-bond acceptors (Lipinski definition) is 6. The van der Waals surface area contributed by atoms with Crippen LogP contribution in [0.25, 0.3) is 0 Å². The molecular weight excluding hydrogens is 372 g/mol. The Morgan fingerprint density at radius 2 is 1.10 bits per heavy atom. The monoisotopic (exact) mass is 416 g/mol. The first-order valence-corrected chi connectivity index (χ1v) is 11.6. The van der Waals surface area contributed by atoms with Crippen molar-refractivity contribution < 1.29 is 28.5 Å². The molecule has 0 saturated heterocycles. The average molecular weight is 417 g/mol. The van der Waals surface area contributed by atoms with E-state index in [0.29, 0.717) is 31.5 Å². The zero-order valence-corrected chi connectivity index (χ0v) is 19.4. The van der Waals surface area contributed by atoms with Crippen molar-refractivity contribution in [2.24, 2.45) is 11.8 Å². The number of unbranched alkanes of at least 4 members (excludes halogenated alkanes) is 2. The topological polar surface area (TPSA) is 71.1 Å². The minimum absolute atomic E-state index is 0.0133. The number of ether oxygens (including phenoxy) is 4. The molecule has 0 aromatic rings. The standard InChI is InChI=1S/C23H44O6/c1-6-11-14-19(9-4)16-26-22(24)28-18-21(13-8-3)29-23(25)27-17-20(10-5)15-12-7-2/h19-21H,6-18H2,1-5H3. The number of carbonyl (C=O) groups excluding carboxylic acids is 2. The molecule has 0 bridgehead atoms. The Morgan fingerprint density at radius 3 is 1.55 bits per heavy atom. The summed E-state index contributed by atoms with van der Waals surface area (Å²) in [7, 11) is 0. The van der Waals surface area contributed by atoms with Gasteiger partial charge in [0, 0.05) is 0 Å². The van der Waals surface area contributed by atoms with Gasteiger partial charge in [0.2, 0.25) is 0 Å². The highest BCUT2D eigenvalue weighted by Crippen LogP contribution is 2.15. The molecule has 172 valence electrons. The van der Waals surface area contributed by atoms with E-state index in [0.717, 1.165) is 57.8 Å². The van der Waals surface area contributed by atoms with Crippen molar-refractivity contribution in [1.29, 1.82) is 0 Å². The van der Waals surface area contributed by atoms with E-state index < -0.39 is 18.4 Å². The van der Waals surface area contributed by atoms with Gasteiger partial charge in [-0.05, 0) is 31.1 Å². The first-order valence-electron chi connectivity index (χ1n) is 11.6. The van der Waals surface area contributed by atoms with Crippen LogP contribution in [0, 0.1) is 11.8 Å². The van der Waals surface area contributed by atoms with Crippen LogP contribution < -0.4 is 0 Å². The van der Waals surface area contributed by atoms with Gasteiger partial charge in [-0.15, -0.1) is 0 Å². The summed E-state index contributed by atoms with van der Waals surface area (Å²) in [6.07, 6.45) is 8.04. The largest absolute Gasteiger partial charge is 0.508 e. The predicted octanol–water partition coefficient (Wildman–Crippen LogP) is 6.89. The lowest BCUT2D eigenvalue weighted by molar-refractivity contribution is -0.0256. The fraction of sp³-hybridized carbons (Fsp3) is 0.913. The molecule has 0 aliphatic carbocycles. The second-order valence-electron chi connectivity index (χ2n) is 7.79. The first kappa shape index (κ1) is 27.5. The van der Waals surface area contributed by atoms with Gasteiger partial charge < -0.3 is 18.9 Å². The molecule has 0 spiro atoms. The summed E-state index contributed by atoms with van der Waals surface area (Å²) in [4.78, 5) is 23.9.